The van der Waals surface area contributed by atoms with Gasteiger partial charge in [0.25, 0.3) is 0 Å². The van der Waals surface area contributed by atoms with Crippen LogP contribution in [-0.4, -0.2) is 27.7 Å². The fraction of sp³-hybridized carbons (Fsp3) is 0.333. The van der Waals surface area contributed by atoms with E-state index in [1.54, 1.807) is 0 Å². The second kappa shape index (κ2) is 5.54. The molecule has 3 aromatic rings. The van der Waals surface area contributed by atoms with Crippen molar-refractivity contribution in [2.24, 2.45) is 5.92 Å². The molecule has 4 heteroatoms. The Morgan fingerprint density at radius 1 is 1.23 bits per heavy atom. The molecule has 112 valence electrons. The summed E-state index contributed by atoms with van der Waals surface area (Å²) < 4.78 is 7.73. The lowest BCUT2D eigenvalue weighted by Gasteiger charge is -2.13. The lowest BCUT2D eigenvalue weighted by atomic mass is 10.0. The molecule has 0 N–H and O–H groups in total. The Bertz CT molecular complexity index is 803. The number of hydrogen-bond acceptors (Lipinski definition) is 3. The molecule has 4 rings (SSSR count). The Kier molecular flexibility index (Phi) is 3.39. The van der Waals surface area contributed by atoms with Gasteiger partial charge in [0.05, 0.1) is 5.69 Å². The highest BCUT2D eigenvalue weighted by atomic mass is 16.5. The van der Waals surface area contributed by atoms with Gasteiger partial charge in [-0.25, -0.2) is 9.97 Å². The Balaban J connectivity index is 1.88. The summed E-state index contributed by atoms with van der Waals surface area (Å²) in [6.07, 6.45) is 3.89. The van der Waals surface area contributed by atoms with Gasteiger partial charge in [-0.05, 0) is 43.0 Å². The number of pyridine rings is 1. The number of aromatic nitrogens is 3. The van der Waals surface area contributed by atoms with E-state index in [1.807, 2.05) is 18.3 Å². The quantitative estimate of drug-likeness (QED) is 0.744. The van der Waals surface area contributed by atoms with E-state index < -0.39 is 0 Å². The summed E-state index contributed by atoms with van der Waals surface area (Å²) in [4.78, 5) is 9.40. The van der Waals surface area contributed by atoms with Crippen molar-refractivity contribution in [3.8, 4) is 5.69 Å². The van der Waals surface area contributed by atoms with Crippen molar-refractivity contribution in [2.75, 3.05) is 13.2 Å². The average Bonchev–Trinajstić information content (AvgIpc) is 3.16. The van der Waals surface area contributed by atoms with Gasteiger partial charge >= 0.3 is 0 Å². The molecule has 0 aliphatic carbocycles. The highest BCUT2D eigenvalue weighted by molar-refractivity contribution is 5.74. The Morgan fingerprint density at radius 2 is 2.14 bits per heavy atom. The maximum absolute atomic E-state index is 5.52. The number of aryl methyl sites for hydroxylation is 1. The third-order valence-corrected chi connectivity index (χ3v) is 4.34. The molecule has 1 fully saturated rings. The van der Waals surface area contributed by atoms with E-state index >= 15 is 0 Å². The molecule has 0 amide bonds. The molecule has 1 aliphatic heterocycles. The van der Waals surface area contributed by atoms with Crippen LogP contribution in [0.4, 0.5) is 0 Å². The number of hydrogen-bond donors (Lipinski definition) is 0. The van der Waals surface area contributed by atoms with Crippen molar-refractivity contribution in [3.63, 3.8) is 0 Å². The lowest BCUT2D eigenvalue weighted by Crippen LogP contribution is -2.10. The van der Waals surface area contributed by atoms with Crippen LogP contribution in [0.2, 0.25) is 0 Å². The summed E-state index contributed by atoms with van der Waals surface area (Å²) in [5.74, 6) is 1.64. The number of ether oxygens (including phenoxy) is 1. The third kappa shape index (κ3) is 2.29. The van der Waals surface area contributed by atoms with E-state index in [2.05, 4.69) is 40.7 Å². The first-order valence-corrected chi connectivity index (χ1v) is 7.79. The molecule has 22 heavy (non-hydrogen) atoms. The molecule has 0 spiro atoms. The van der Waals surface area contributed by atoms with Crippen molar-refractivity contribution >= 4 is 11.2 Å². The molecule has 0 bridgehead atoms. The molecule has 4 nitrogen and oxygen atoms in total. The van der Waals surface area contributed by atoms with Crippen molar-refractivity contribution in [2.45, 2.75) is 19.8 Å². The summed E-state index contributed by atoms with van der Waals surface area (Å²) in [5, 5.41) is 0. The van der Waals surface area contributed by atoms with Gasteiger partial charge < -0.3 is 4.74 Å². The zero-order valence-electron chi connectivity index (χ0n) is 12.7. The first kappa shape index (κ1) is 13.5. The first-order chi connectivity index (χ1) is 10.8. The molecule has 2 aromatic heterocycles. The first-order valence-electron chi connectivity index (χ1n) is 7.79. The minimum Gasteiger partial charge on any atom is -0.381 e. The molecular weight excluding hydrogens is 274 g/mol. The molecule has 1 atom stereocenters. The van der Waals surface area contributed by atoms with Crippen LogP contribution >= 0.6 is 0 Å². The molecule has 1 aromatic carbocycles. The molecular formula is C18H19N3O. The topological polar surface area (TPSA) is 39.9 Å². The summed E-state index contributed by atoms with van der Waals surface area (Å²) >= 11 is 0. The maximum Gasteiger partial charge on any atom is 0.164 e. The predicted molar refractivity (Wildman–Crippen MR) is 86.2 cm³/mol. The lowest BCUT2D eigenvalue weighted by molar-refractivity contribution is 0.185. The predicted octanol–water partition coefficient (Wildman–Crippen LogP) is 3.31. The zero-order chi connectivity index (χ0) is 14.9. The standard InChI is InChI=1S/C18H19N3O/c1-13-5-2-3-7-16(13)21-17(11-14-8-10-22-12-14)20-15-6-4-9-19-18(15)21/h2-7,9,14H,8,10-12H2,1H3. The third-order valence-electron chi connectivity index (χ3n) is 4.34. The van der Waals surface area contributed by atoms with Gasteiger partial charge in [-0.3, -0.25) is 4.57 Å². The molecule has 0 radical (unpaired) electrons. The number of imidazole rings is 1. The van der Waals surface area contributed by atoms with Crippen LogP contribution in [0, 0.1) is 12.8 Å². The number of rotatable bonds is 3. The van der Waals surface area contributed by atoms with Gasteiger partial charge in [0.1, 0.15) is 11.3 Å². The van der Waals surface area contributed by atoms with Gasteiger partial charge in [0.15, 0.2) is 5.65 Å². The fourth-order valence-electron chi connectivity index (χ4n) is 3.17. The molecule has 1 unspecified atom stereocenters. The highest BCUT2D eigenvalue weighted by Gasteiger charge is 2.21. The van der Waals surface area contributed by atoms with Crippen molar-refractivity contribution < 1.29 is 4.74 Å². The van der Waals surface area contributed by atoms with E-state index in [0.717, 1.165) is 48.7 Å². The average molecular weight is 293 g/mol. The second-order valence-electron chi connectivity index (χ2n) is 5.93. The molecule has 0 saturated carbocycles. The second-order valence-corrected chi connectivity index (χ2v) is 5.93. The van der Waals surface area contributed by atoms with Crippen LogP contribution in [0.15, 0.2) is 42.6 Å². The van der Waals surface area contributed by atoms with Crippen LogP contribution in [-0.2, 0) is 11.2 Å². The van der Waals surface area contributed by atoms with Crippen molar-refractivity contribution in [1.29, 1.82) is 0 Å². The van der Waals surface area contributed by atoms with E-state index in [-0.39, 0.29) is 0 Å². The van der Waals surface area contributed by atoms with Crippen molar-refractivity contribution in [3.05, 3.63) is 54.0 Å². The largest absolute Gasteiger partial charge is 0.381 e. The van der Waals surface area contributed by atoms with Crippen LogP contribution in [0.25, 0.3) is 16.9 Å². The van der Waals surface area contributed by atoms with Crippen molar-refractivity contribution in [1.82, 2.24) is 14.5 Å². The molecule has 3 heterocycles. The van der Waals surface area contributed by atoms with Gasteiger partial charge in [-0.1, -0.05) is 18.2 Å². The minimum absolute atomic E-state index is 0.555. The number of fused-ring (bicyclic) bond motifs is 1. The summed E-state index contributed by atoms with van der Waals surface area (Å²) in [6.45, 7) is 3.84. The van der Waals surface area contributed by atoms with E-state index in [0.29, 0.717) is 5.92 Å². The van der Waals surface area contributed by atoms with E-state index in [1.165, 1.54) is 5.56 Å². The maximum atomic E-state index is 5.52. The minimum atomic E-state index is 0.555. The Morgan fingerprint density at radius 3 is 2.95 bits per heavy atom. The van der Waals surface area contributed by atoms with Crippen LogP contribution < -0.4 is 0 Å². The number of nitrogens with zero attached hydrogens (tertiary/aromatic N) is 3. The molecule has 1 aliphatic rings. The summed E-state index contributed by atoms with van der Waals surface area (Å²) in [6, 6.07) is 12.4. The number of benzene rings is 1. The molecule has 1 saturated heterocycles. The van der Waals surface area contributed by atoms with Crippen LogP contribution in [0.3, 0.4) is 0 Å². The van der Waals surface area contributed by atoms with Crippen LogP contribution in [0.1, 0.15) is 17.8 Å². The zero-order valence-corrected chi connectivity index (χ0v) is 12.7. The Hall–Kier alpha value is -2.20. The smallest absolute Gasteiger partial charge is 0.164 e. The van der Waals surface area contributed by atoms with Gasteiger partial charge in [0, 0.05) is 25.8 Å². The Labute approximate surface area is 129 Å². The monoisotopic (exact) mass is 293 g/mol. The number of para-hydroxylation sites is 1. The summed E-state index contributed by atoms with van der Waals surface area (Å²) in [7, 11) is 0. The van der Waals surface area contributed by atoms with E-state index in [4.69, 9.17) is 9.72 Å². The fourth-order valence-corrected chi connectivity index (χ4v) is 3.17. The van der Waals surface area contributed by atoms with Crippen LogP contribution in [0.5, 0.6) is 0 Å². The summed E-state index contributed by atoms with van der Waals surface area (Å²) in [5.41, 5.74) is 4.29. The highest BCUT2D eigenvalue weighted by Crippen LogP contribution is 2.25. The van der Waals surface area contributed by atoms with Gasteiger partial charge in [-0.15, -0.1) is 0 Å². The van der Waals surface area contributed by atoms with E-state index in [9.17, 15) is 0 Å². The normalized spacial score (nSPS) is 18.1. The SMILES string of the molecule is Cc1ccccc1-n1c(CC2CCOC2)nc2cccnc21. The van der Waals surface area contributed by atoms with Gasteiger partial charge in [-0.2, -0.15) is 0 Å². The van der Waals surface area contributed by atoms with Gasteiger partial charge in [0.2, 0.25) is 0 Å².